The van der Waals surface area contributed by atoms with Gasteiger partial charge in [0.25, 0.3) is 0 Å². The van der Waals surface area contributed by atoms with Gasteiger partial charge in [-0.3, -0.25) is 4.79 Å². The summed E-state index contributed by atoms with van der Waals surface area (Å²) in [4.78, 5) is 18.2. The van der Waals surface area contributed by atoms with Crippen LogP contribution in [-0.2, 0) is 16.7 Å². The Kier molecular flexibility index (Phi) is 7.02. The first kappa shape index (κ1) is 23.2. The molecule has 0 spiro atoms. The highest BCUT2D eigenvalue weighted by atomic mass is 33.1. The number of fused-ring (bicyclic) bond motifs is 1. The van der Waals surface area contributed by atoms with Crippen LogP contribution in [0.2, 0.25) is 0 Å². The molecule has 0 radical (unpaired) electrons. The van der Waals surface area contributed by atoms with E-state index in [2.05, 4.69) is 9.97 Å². The second-order valence-corrected chi connectivity index (χ2v) is 9.11. The summed E-state index contributed by atoms with van der Waals surface area (Å²) >= 11 is 0. The predicted molar refractivity (Wildman–Crippen MR) is 113 cm³/mol. The van der Waals surface area contributed by atoms with Crippen LogP contribution in [0, 0.1) is 6.92 Å². The molecular weight excluding hydrogens is 453 g/mol. The fourth-order valence-electron chi connectivity index (χ4n) is 2.85. The third-order valence-electron chi connectivity index (χ3n) is 4.56. The number of alkyl halides is 3. The normalized spacial score (nSPS) is 12.8. The van der Waals surface area contributed by atoms with Gasteiger partial charge in [-0.1, -0.05) is 26.6 Å². The first-order valence-electron chi connectivity index (χ1n) is 9.00. The molecule has 4 N–H and O–H groups in total. The van der Waals surface area contributed by atoms with E-state index < -0.39 is 23.8 Å². The molecule has 0 aliphatic rings. The van der Waals surface area contributed by atoms with Gasteiger partial charge in [0.05, 0.1) is 24.6 Å². The molecule has 2 heterocycles. The van der Waals surface area contributed by atoms with Crippen molar-refractivity contribution in [1.29, 1.82) is 0 Å². The molecule has 12 heteroatoms. The lowest BCUT2D eigenvalue weighted by Gasteiger charge is -2.12. The van der Waals surface area contributed by atoms with Crippen molar-refractivity contribution in [2.75, 3.05) is 12.9 Å². The molecule has 3 aromatic rings. The molecule has 0 saturated carbocycles. The summed E-state index contributed by atoms with van der Waals surface area (Å²) in [7, 11) is 4.28. The molecule has 0 fully saturated rings. The number of H-pyrrole nitrogens is 1. The average molecular weight is 474 g/mol. The summed E-state index contributed by atoms with van der Waals surface area (Å²) in [6, 6.07) is 4.13. The molecule has 3 rings (SSSR count). The number of carboxylic acid groups (broad SMARTS) is 1. The van der Waals surface area contributed by atoms with Crippen molar-refractivity contribution >= 4 is 38.6 Å². The van der Waals surface area contributed by atoms with E-state index in [1.54, 1.807) is 23.9 Å². The van der Waals surface area contributed by atoms with Crippen LogP contribution in [0.1, 0.15) is 16.8 Å². The van der Waals surface area contributed by atoms with Gasteiger partial charge in [-0.25, -0.2) is 9.55 Å². The van der Waals surface area contributed by atoms with Crippen LogP contribution in [-0.4, -0.2) is 39.9 Å². The first-order chi connectivity index (χ1) is 14.6. The fraction of sp³-hybridized carbons (Fsp3) is 0.316. The second-order valence-electron chi connectivity index (χ2n) is 6.61. The van der Waals surface area contributed by atoms with E-state index in [1.807, 2.05) is 6.92 Å². The number of pyridine rings is 1. The summed E-state index contributed by atoms with van der Waals surface area (Å²) in [5.41, 5.74) is 7.08. The maximum Gasteiger partial charge on any atom is 0.416 e. The van der Waals surface area contributed by atoms with Gasteiger partial charge in [-0.2, -0.15) is 13.2 Å². The fourth-order valence-corrected chi connectivity index (χ4v) is 5.10. The van der Waals surface area contributed by atoms with E-state index in [1.165, 1.54) is 27.7 Å². The quantitative estimate of drug-likeness (QED) is 0.261. The molecule has 0 amide bonds. The Morgan fingerprint density at radius 3 is 2.74 bits per heavy atom. The number of imidazole rings is 1. The number of aromatic nitrogens is 3. The maximum atomic E-state index is 13.0. The number of nitrogens with zero attached hydrogens (tertiary/aromatic N) is 2. The molecule has 0 bridgehead atoms. The van der Waals surface area contributed by atoms with Crippen LogP contribution in [0.3, 0.4) is 0 Å². The predicted octanol–water partition coefficient (Wildman–Crippen LogP) is 3.47. The number of aromatic amines is 1. The topological polar surface area (TPSA) is 105 Å². The zero-order valence-electron chi connectivity index (χ0n) is 16.6. The third kappa shape index (κ3) is 5.25. The van der Waals surface area contributed by atoms with Crippen molar-refractivity contribution in [2.45, 2.75) is 24.9 Å². The van der Waals surface area contributed by atoms with Gasteiger partial charge in [0.1, 0.15) is 23.0 Å². The van der Waals surface area contributed by atoms with Gasteiger partial charge in [0.2, 0.25) is 0 Å². The Balaban J connectivity index is 1.93. The minimum absolute atomic E-state index is 0.230. The highest BCUT2D eigenvalue weighted by Gasteiger charge is 2.32. The van der Waals surface area contributed by atoms with Crippen LogP contribution in [0.25, 0.3) is 17.0 Å². The number of rotatable bonds is 8. The minimum atomic E-state index is -4.45. The van der Waals surface area contributed by atoms with E-state index in [-0.39, 0.29) is 11.3 Å². The van der Waals surface area contributed by atoms with Crippen molar-refractivity contribution < 1.29 is 32.4 Å². The minimum Gasteiger partial charge on any atom is -0.496 e. The van der Waals surface area contributed by atoms with Gasteiger partial charge < -0.3 is 15.6 Å². The smallest absolute Gasteiger partial charge is 0.416 e. The van der Waals surface area contributed by atoms with Crippen molar-refractivity contribution in [1.82, 2.24) is 9.97 Å². The monoisotopic (exact) mass is 473 g/mol. The SMILES string of the molecule is COc1cc[n+](-c2nc3ccc(C(F)(F)F)cc3[nH]2)c(CSSC[C@H](N)C(=O)O)c1C. The molecule has 2 aromatic heterocycles. The number of hydrogen-bond acceptors (Lipinski definition) is 6. The van der Waals surface area contributed by atoms with E-state index in [0.29, 0.717) is 23.0 Å². The van der Waals surface area contributed by atoms with Crippen molar-refractivity contribution in [3.05, 3.63) is 47.3 Å². The highest BCUT2D eigenvalue weighted by molar-refractivity contribution is 8.76. The number of aliphatic carboxylic acids is 1. The summed E-state index contributed by atoms with van der Waals surface area (Å²) in [6.07, 6.45) is -2.73. The molecule has 0 saturated heterocycles. The average Bonchev–Trinajstić information content (AvgIpc) is 3.14. The molecule has 1 aromatic carbocycles. The van der Waals surface area contributed by atoms with Gasteiger partial charge in [0.15, 0.2) is 5.52 Å². The summed E-state index contributed by atoms with van der Waals surface area (Å²) in [6.45, 7) is 1.86. The number of hydrogen-bond donors (Lipinski definition) is 3. The Morgan fingerprint density at radius 2 is 2.10 bits per heavy atom. The molecule has 0 unspecified atom stereocenters. The largest absolute Gasteiger partial charge is 0.496 e. The Labute approximate surface area is 183 Å². The van der Waals surface area contributed by atoms with Crippen LogP contribution in [0.15, 0.2) is 30.5 Å². The first-order valence-corrected chi connectivity index (χ1v) is 11.5. The van der Waals surface area contributed by atoms with E-state index >= 15 is 0 Å². The lowest BCUT2D eigenvalue weighted by Crippen LogP contribution is -2.37. The van der Waals surface area contributed by atoms with E-state index in [0.717, 1.165) is 23.4 Å². The lowest BCUT2D eigenvalue weighted by atomic mass is 10.2. The molecule has 7 nitrogen and oxygen atoms in total. The maximum absolute atomic E-state index is 13.0. The Morgan fingerprint density at radius 1 is 1.35 bits per heavy atom. The number of methoxy groups -OCH3 is 1. The summed E-state index contributed by atoms with van der Waals surface area (Å²) in [5, 5.41) is 8.89. The van der Waals surface area contributed by atoms with Gasteiger partial charge in [-0.15, -0.1) is 0 Å². The van der Waals surface area contributed by atoms with E-state index in [4.69, 9.17) is 15.6 Å². The van der Waals surface area contributed by atoms with Crippen molar-refractivity contribution in [3.63, 3.8) is 0 Å². The Bertz CT molecular complexity index is 1100. The van der Waals surface area contributed by atoms with Crippen LogP contribution < -0.4 is 15.0 Å². The van der Waals surface area contributed by atoms with Crippen molar-refractivity contribution in [2.24, 2.45) is 5.73 Å². The summed E-state index contributed by atoms with van der Waals surface area (Å²) < 4.78 is 46.2. The number of carboxylic acids is 1. The van der Waals surface area contributed by atoms with Crippen LogP contribution in [0.4, 0.5) is 13.2 Å². The Hall–Kier alpha value is -2.44. The molecule has 1 atom stereocenters. The van der Waals surface area contributed by atoms with E-state index in [9.17, 15) is 18.0 Å². The molecule has 0 aliphatic heterocycles. The molecule has 31 heavy (non-hydrogen) atoms. The standard InChI is InChI=1S/C19H19F3N4O3S2/c1-10-15(9-31-30-8-12(23)17(27)28)26(6-5-16(10)29-2)18-24-13-4-3-11(19(20,21)22)7-14(13)25-18/h3-7,12H,8-9,23H2,1-2H3,(H-,24,25,27,28)/p+1/t12-/m0/s1. The second kappa shape index (κ2) is 9.37. The molecule has 166 valence electrons. The number of carbonyl (C=O) groups is 1. The number of nitrogens with one attached hydrogen (secondary N) is 1. The van der Waals surface area contributed by atoms with Crippen LogP contribution in [0.5, 0.6) is 5.75 Å². The van der Waals surface area contributed by atoms with Crippen molar-refractivity contribution in [3.8, 4) is 11.7 Å². The number of halogens is 3. The zero-order valence-corrected chi connectivity index (χ0v) is 18.2. The molecular formula is C19H20F3N4O3S2+. The molecule has 0 aliphatic carbocycles. The lowest BCUT2D eigenvalue weighted by molar-refractivity contribution is -0.610. The number of ether oxygens (including phenoxy) is 1. The van der Waals surface area contributed by atoms with Gasteiger partial charge >= 0.3 is 18.1 Å². The van der Waals surface area contributed by atoms with Gasteiger partial charge in [0, 0.05) is 17.4 Å². The third-order valence-corrected chi connectivity index (χ3v) is 6.87. The zero-order chi connectivity index (χ0) is 22.8. The number of benzene rings is 1. The van der Waals surface area contributed by atoms with Gasteiger partial charge in [-0.05, 0) is 25.1 Å². The number of nitrogens with two attached hydrogens (primary N) is 1. The van der Waals surface area contributed by atoms with Crippen LogP contribution >= 0.6 is 21.6 Å². The summed E-state index contributed by atoms with van der Waals surface area (Å²) in [5.74, 6) is 0.636. The highest BCUT2D eigenvalue weighted by Crippen LogP contribution is 2.32.